The van der Waals surface area contributed by atoms with Crippen LogP contribution < -0.4 is 9.64 Å². The number of likely N-dealkylation sites (tertiary alicyclic amines) is 1. The van der Waals surface area contributed by atoms with E-state index in [9.17, 15) is 9.18 Å². The number of methoxy groups -OCH3 is 1. The summed E-state index contributed by atoms with van der Waals surface area (Å²) in [7, 11) is 3.62. The molecule has 2 atom stereocenters. The molecule has 3 fully saturated rings. The summed E-state index contributed by atoms with van der Waals surface area (Å²) in [5.41, 5.74) is -0.416. The van der Waals surface area contributed by atoms with E-state index in [1.54, 1.807) is 6.07 Å². The van der Waals surface area contributed by atoms with E-state index in [1.165, 1.54) is 33.0 Å². The molecular weight excluding hydrogens is 553 g/mol. The normalized spacial score (nSPS) is 22.0. The number of hydrogen-bond donors (Lipinski definition) is 0. The zero-order chi connectivity index (χ0) is 26.2. The number of piperazine rings is 1. The molecule has 8 nitrogen and oxygen atoms in total. The summed E-state index contributed by atoms with van der Waals surface area (Å²) < 4.78 is 25.8. The van der Waals surface area contributed by atoms with Crippen molar-refractivity contribution in [3.05, 3.63) is 21.4 Å². The van der Waals surface area contributed by atoms with Crippen LogP contribution in [0.5, 0.6) is 6.01 Å². The van der Waals surface area contributed by atoms with Crippen molar-refractivity contribution in [1.82, 2.24) is 19.8 Å². The van der Waals surface area contributed by atoms with Crippen LogP contribution in [0.2, 0.25) is 5.02 Å². The number of halogens is 3. The van der Waals surface area contributed by atoms with Crippen molar-refractivity contribution in [3.8, 4) is 6.01 Å². The van der Waals surface area contributed by atoms with Gasteiger partial charge in [-0.15, -0.1) is 0 Å². The molecule has 2 unspecified atom stereocenters. The first-order chi connectivity index (χ1) is 17.0. The fraction of sp³-hybridized carbons (Fsp3) is 0.640. The van der Waals surface area contributed by atoms with Crippen LogP contribution in [0.25, 0.3) is 10.9 Å². The highest BCUT2D eigenvalue weighted by Gasteiger charge is 2.45. The highest BCUT2D eigenvalue weighted by molar-refractivity contribution is 9.10. The van der Waals surface area contributed by atoms with Crippen LogP contribution in [0.3, 0.4) is 0 Å². The quantitative estimate of drug-likeness (QED) is 0.431. The van der Waals surface area contributed by atoms with Crippen LogP contribution in [0, 0.1) is 5.82 Å². The standard InChI is InChI=1S/C20H23BrClFN4O3.C5H11N/c1-20(2,3)30-19(28)27-10-5-6-11(27)9-26(8-10)17-12-7-13(22)14(21)15(23)16(12)24-18(25-17)29-4;1-6-4-2-3-5-6/h7,10-11H,5-6,8-9H2,1-4H3;2-5H2,1H3. The second kappa shape index (κ2) is 10.8. The van der Waals surface area contributed by atoms with Gasteiger partial charge in [0.05, 0.1) is 28.7 Å². The van der Waals surface area contributed by atoms with E-state index >= 15 is 0 Å². The maximum atomic E-state index is 14.8. The first-order valence-corrected chi connectivity index (χ1v) is 13.5. The van der Waals surface area contributed by atoms with Crippen molar-refractivity contribution < 1.29 is 18.7 Å². The summed E-state index contributed by atoms with van der Waals surface area (Å²) in [6.45, 7) is 9.33. The molecule has 5 rings (SSSR count). The summed E-state index contributed by atoms with van der Waals surface area (Å²) in [6.07, 6.45) is 4.29. The molecule has 1 amide bonds. The summed E-state index contributed by atoms with van der Waals surface area (Å²) in [4.78, 5) is 27.7. The first-order valence-electron chi connectivity index (χ1n) is 12.3. The first kappa shape index (κ1) is 27.1. The molecule has 1 aromatic heterocycles. The number of amides is 1. The van der Waals surface area contributed by atoms with Crippen molar-refractivity contribution in [2.75, 3.05) is 45.2 Å². The van der Waals surface area contributed by atoms with Gasteiger partial charge in [-0.05, 0) is 88.6 Å². The third-order valence-electron chi connectivity index (χ3n) is 6.68. The van der Waals surface area contributed by atoms with Crippen molar-refractivity contribution >= 4 is 50.3 Å². The van der Waals surface area contributed by atoms with E-state index in [1.807, 2.05) is 25.7 Å². The van der Waals surface area contributed by atoms with Gasteiger partial charge in [0.25, 0.3) is 0 Å². The minimum absolute atomic E-state index is 0.00891. The van der Waals surface area contributed by atoms with Gasteiger partial charge in [0.2, 0.25) is 0 Å². The number of anilines is 1. The molecule has 2 aromatic rings. The SMILES string of the molecule is CN1CCCC1.COc1nc(N2CC3CCC(C2)N3C(=O)OC(C)(C)C)c2cc(Cl)c(Br)c(F)c2n1. The lowest BCUT2D eigenvalue weighted by Crippen LogP contribution is -2.57. The molecule has 3 saturated heterocycles. The van der Waals surface area contributed by atoms with Crippen molar-refractivity contribution in [1.29, 1.82) is 0 Å². The van der Waals surface area contributed by atoms with Gasteiger partial charge in [-0.2, -0.15) is 9.97 Å². The van der Waals surface area contributed by atoms with Gasteiger partial charge in [-0.1, -0.05) is 11.6 Å². The Labute approximate surface area is 225 Å². The molecule has 36 heavy (non-hydrogen) atoms. The monoisotopic (exact) mass is 585 g/mol. The minimum Gasteiger partial charge on any atom is -0.467 e. The molecule has 1 aromatic carbocycles. The second-order valence-electron chi connectivity index (χ2n) is 10.6. The lowest BCUT2D eigenvalue weighted by atomic mass is 10.1. The van der Waals surface area contributed by atoms with E-state index in [-0.39, 0.29) is 39.2 Å². The molecule has 0 N–H and O–H groups in total. The third kappa shape index (κ3) is 5.81. The number of nitrogens with zero attached hydrogens (tertiary/aromatic N) is 5. The predicted octanol–water partition coefficient (Wildman–Crippen LogP) is 5.49. The number of carbonyl (C=O) groups excluding carboxylic acids is 1. The number of fused-ring (bicyclic) bond motifs is 3. The average molecular weight is 587 g/mol. The summed E-state index contributed by atoms with van der Waals surface area (Å²) >= 11 is 9.38. The van der Waals surface area contributed by atoms with Crippen molar-refractivity contribution in [2.24, 2.45) is 0 Å². The van der Waals surface area contributed by atoms with Crippen LogP contribution >= 0.6 is 27.5 Å². The Balaban J connectivity index is 0.000000445. The number of ether oxygens (including phenoxy) is 2. The van der Waals surface area contributed by atoms with Crippen LogP contribution in [0.4, 0.5) is 15.0 Å². The third-order valence-corrected chi connectivity index (χ3v) is 7.99. The smallest absolute Gasteiger partial charge is 0.410 e. The van der Waals surface area contributed by atoms with E-state index in [4.69, 9.17) is 21.1 Å². The molecular formula is C25H34BrClFN5O3. The highest BCUT2D eigenvalue weighted by Crippen LogP contribution is 2.39. The predicted molar refractivity (Wildman–Crippen MR) is 143 cm³/mol. The van der Waals surface area contributed by atoms with E-state index in [2.05, 4.69) is 42.7 Å². The molecule has 2 bridgehead atoms. The zero-order valence-electron chi connectivity index (χ0n) is 21.5. The Morgan fingerprint density at radius 2 is 1.78 bits per heavy atom. The number of hydrogen-bond acceptors (Lipinski definition) is 7. The Hall–Kier alpha value is -1.91. The van der Waals surface area contributed by atoms with Crippen LogP contribution in [0.1, 0.15) is 46.5 Å². The fourth-order valence-corrected chi connectivity index (χ4v) is 5.53. The zero-order valence-corrected chi connectivity index (χ0v) is 23.8. The molecule has 0 saturated carbocycles. The molecule has 3 aliphatic heterocycles. The fourth-order valence-electron chi connectivity index (χ4n) is 5.03. The van der Waals surface area contributed by atoms with E-state index in [0.717, 1.165) is 12.8 Å². The molecule has 198 valence electrons. The van der Waals surface area contributed by atoms with Crippen LogP contribution in [-0.2, 0) is 4.74 Å². The summed E-state index contributed by atoms with van der Waals surface area (Å²) in [5.74, 6) is -0.0132. The Morgan fingerprint density at radius 3 is 2.28 bits per heavy atom. The lowest BCUT2D eigenvalue weighted by molar-refractivity contribution is 0.0123. The molecule has 0 spiro atoms. The molecule has 0 aliphatic carbocycles. The van der Waals surface area contributed by atoms with Crippen molar-refractivity contribution in [2.45, 2.75) is 64.1 Å². The maximum absolute atomic E-state index is 14.8. The number of benzene rings is 1. The Bertz CT molecular complexity index is 1110. The summed E-state index contributed by atoms with van der Waals surface area (Å²) in [5, 5.41) is 0.747. The molecule has 4 heterocycles. The van der Waals surface area contributed by atoms with Crippen LogP contribution in [0.15, 0.2) is 10.5 Å². The largest absolute Gasteiger partial charge is 0.467 e. The molecule has 11 heteroatoms. The van der Waals surface area contributed by atoms with Crippen molar-refractivity contribution in [3.63, 3.8) is 0 Å². The van der Waals surface area contributed by atoms with E-state index < -0.39 is 11.4 Å². The van der Waals surface area contributed by atoms with Gasteiger partial charge >= 0.3 is 12.1 Å². The van der Waals surface area contributed by atoms with Gasteiger partial charge in [-0.25, -0.2) is 9.18 Å². The number of carbonyl (C=O) groups is 1. The minimum atomic E-state index is -0.560. The summed E-state index contributed by atoms with van der Waals surface area (Å²) in [6, 6.07) is 1.71. The Morgan fingerprint density at radius 1 is 1.17 bits per heavy atom. The lowest BCUT2D eigenvalue weighted by Gasteiger charge is -2.42. The molecule has 3 aliphatic rings. The number of aromatic nitrogens is 2. The number of rotatable bonds is 2. The topological polar surface area (TPSA) is 71.0 Å². The highest BCUT2D eigenvalue weighted by atomic mass is 79.9. The molecule has 0 radical (unpaired) electrons. The Kier molecular flexibility index (Phi) is 8.16. The average Bonchev–Trinajstić information content (AvgIpc) is 3.40. The van der Waals surface area contributed by atoms with Gasteiger partial charge in [0, 0.05) is 18.5 Å². The van der Waals surface area contributed by atoms with E-state index in [0.29, 0.717) is 24.3 Å². The maximum Gasteiger partial charge on any atom is 0.410 e. The van der Waals surface area contributed by atoms with Gasteiger partial charge < -0.3 is 19.3 Å². The van der Waals surface area contributed by atoms with Gasteiger partial charge in [0.1, 0.15) is 16.9 Å². The second-order valence-corrected chi connectivity index (χ2v) is 11.8. The van der Waals surface area contributed by atoms with Crippen LogP contribution in [-0.4, -0.2) is 83.9 Å². The van der Waals surface area contributed by atoms with Gasteiger partial charge in [0.15, 0.2) is 5.82 Å². The van der Waals surface area contributed by atoms with Gasteiger partial charge in [-0.3, -0.25) is 4.90 Å².